The third-order valence-corrected chi connectivity index (χ3v) is 3.06. The van der Waals surface area contributed by atoms with E-state index in [1.165, 1.54) is 0 Å². The zero-order chi connectivity index (χ0) is 14.5. The molecule has 0 aromatic carbocycles. The third kappa shape index (κ3) is 3.16. The molecular formula is C16H25NO2. The predicted octanol–water partition coefficient (Wildman–Crippen LogP) is 4.42. The van der Waals surface area contributed by atoms with Crippen LogP contribution in [0.3, 0.4) is 0 Å². The van der Waals surface area contributed by atoms with Crippen molar-refractivity contribution < 1.29 is 9.52 Å². The summed E-state index contributed by atoms with van der Waals surface area (Å²) in [5, 5.41) is 9.94. The van der Waals surface area contributed by atoms with Gasteiger partial charge in [-0.2, -0.15) is 0 Å². The highest BCUT2D eigenvalue weighted by Gasteiger charge is 2.45. The van der Waals surface area contributed by atoms with E-state index in [1.807, 2.05) is 39.8 Å². The van der Waals surface area contributed by atoms with Gasteiger partial charge in [-0.15, -0.1) is 0 Å². The van der Waals surface area contributed by atoms with Crippen LogP contribution in [-0.4, -0.2) is 10.1 Å². The average Bonchev–Trinajstić information content (AvgIpc) is 3.08. The maximum absolute atomic E-state index is 9.94. The molecule has 0 aliphatic heterocycles. The van der Waals surface area contributed by atoms with Gasteiger partial charge in [0.25, 0.3) is 0 Å². The first kappa shape index (κ1) is 15.7. The number of hydrogen-bond acceptors (Lipinski definition) is 3. The number of furan rings is 1. The van der Waals surface area contributed by atoms with Crippen molar-refractivity contribution >= 4 is 11.1 Å². The fraction of sp³-hybridized carbons (Fsp3) is 0.562. The molecule has 2 aromatic heterocycles. The van der Waals surface area contributed by atoms with Gasteiger partial charge < -0.3 is 9.52 Å². The molecule has 0 saturated heterocycles. The number of aromatic nitrogens is 1. The molecule has 0 atom stereocenters. The van der Waals surface area contributed by atoms with Crippen molar-refractivity contribution in [3.05, 3.63) is 29.7 Å². The third-order valence-electron chi connectivity index (χ3n) is 3.06. The van der Waals surface area contributed by atoms with E-state index in [4.69, 9.17) is 4.42 Å². The molecule has 106 valence electrons. The van der Waals surface area contributed by atoms with Crippen molar-refractivity contribution in [2.75, 3.05) is 0 Å². The van der Waals surface area contributed by atoms with E-state index in [-0.39, 0.29) is 0 Å². The Morgan fingerprint density at radius 2 is 1.89 bits per heavy atom. The lowest BCUT2D eigenvalue weighted by molar-refractivity contribution is 0.125. The van der Waals surface area contributed by atoms with E-state index in [0.29, 0.717) is 5.76 Å². The minimum absolute atomic E-state index is 0.672. The fourth-order valence-electron chi connectivity index (χ4n) is 1.86. The van der Waals surface area contributed by atoms with E-state index >= 15 is 0 Å². The number of aryl methyl sites for hydroxylation is 1. The van der Waals surface area contributed by atoms with Crippen LogP contribution in [0, 0.1) is 0 Å². The first-order chi connectivity index (χ1) is 9.23. The van der Waals surface area contributed by atoms with E-state index in [9.17, 15) is 5.11 Å². The molecule has 1 fully saturated rings. The van der Waals surface area contributed by atoms with Crippen molar-refractivity contribution in [2.45, 2.75) is 59.5 Å². The molecule has 3 nitrogen and oxygen atoms in total. The lowest BCUT2D eigenvalue weighted by Gasteiger charge is -2.00. The van der Waals surface area contributed by atoms with Crippen LogP contribution in [0.15, 0.2) is 22.7 Å². The second kappa shape index (κ2) is 6.71. The monoisotopic (exact) mass is 263 g/mol. The van der Waals surface area contributed by atoms with Crippen molar-refractivity contribution in [2.24, 2.45) is 0 Å². The summed E-state index contributed by atoms with van der Waals surface area (Å²) < 4.78 is 5.70. The molecule has 1 N–H and O–H groups in total. The molecule has 0 unspecified atom stereocenters. The van der Waals surface area contributed by atoms with E-state index in [0.717, 1.165) is 35.9 Å². The largest absolute Gasteiger partial charge is 0.456 e. The maximum Gasteiger partial charge on any atom is 0.156 e. The fourth-order valence-corrected chi connectivity index (χ4v) is 1.86. The smallest absolute Gasteiger partial charge is 0.156 e. The van der Waals surface area contributed by atoms with Gasteiger partial charge in [-0.05, 0) is 30.9 Å². The van der Waals surface area contributed by atoms with Gasteiger partial charge >= 0.3 is 0 Å². The molecule has 3 heteroatoms. The SMILES string of the molecule is CC.CC.CCc1ccnc2cc(C3(O)CC3)oc12. The van der Waals surface area contributed by atoms with Crippen LogP contribution in [0.1, 0.15) is 58.8 Å². The number of aliphatic hydroxyl groups is 1. The average molecular weight is 263 g/mol. The number of fused-ring (bicyclic) bond motifs is 1. The van der Waals surface area contributed by atoms with Gasteiger partial charge in [-0.3, -0.25) is 4.98 Å². The molecule has 0 amide bonds. The Kier molecular flexibility index (Phi) is 5.55. The predicted molar refractivity (Wildman–Crippen MR) is 79.2 cm³/mol. The summed E-state index contributed by atoms with van der Waals surface area (Å²) in [6.45, 7) is 10.1. The minimum Gasteiger partial charge on any atom is -0.456 e. The molecule has 0 spiro atoms. The van der Waals surface area contributed by atoms with Gasteiger partial charge in [-0.25, -0.2) is 0 Å². The highest BCUT2D eigenvalue weighted by atomic mass is 16.4. The molecule has 19 heavy (non-hydrogen) atoms. The summed E-state index contributed by atoms with van der Waals surface area (Å²) in [6.07, 6.45) is 4.31. The van der Waals surface area contributed by atoms with Crippen LogP contribution in [0.25, 0.3) is 11.1 Å². The van der Waals surface area contributed by atoms with E-state index in [2.05, 4.69) is 11.9 Å². The molecule has 1 saturated carbocycles. The van der Waals surface area contributed by atoms with Gasteiger partial charge in [0.1, 0.15) is 16.9 Å². The number of rotatable bonds is 2. The standard InChI is InChI=1S/C12H13NO2.2C2H6/c1-2-8-3-6-13-9-7-10(15-11(8)9)12(14)4-5-12;2*1-2/h3,6-7,14H,2,4-5H2,1H3;2*1-2H3. The second-order valence-corrected chi connectivity index (χ2v) is 4.18. The van der Waals surface area contributed by atoms with Crippen LogP contribution in [0.5, 0.6) is 0 Å². The molecule has 2 aromatic rings. The van der Waals surface area contributed by atoms with Gasteiger partial charge in [0.05, 0.1) is 0 Å². The Hall–Kier alpha value is -1.35. The summed E-state index contributed by atoms with van der Waals surface area (Å²) in [5.41, 5.74) is 2.13. The van der Waals surface area contributed by atoms with Gasteiger partial charge in [-0.1, -0.05) is 34.6 Å². The summed E-state index contributed by atoms with van der Waals surface area (Å²) in [5.74, 6) is 0.672. The van der Waals surface area contributed by atoms with E-state index in [1.54, 1.807) is 6.20 Å². The Morgan fingerprint density at radius 1 is 1.26 bits per heavy atom. The number of pyridine rings is 1. The second-order valence-electron chi connectivity index (χ2n) is 4.18. The molecule has 0 bridgehead atoms. The Morgan fingerprint density at radius 3 is 2.42 bits per heavy atom. The maximum atomic E-state index is 9.94. The van der Waals surface area contributed by atoms with E-state index < -0.39 is 5.60 Å². The quantitative estimate of drug-likeness (QED) is 0.872. The molecule has 0 radical (unpaired) electrons. The first-order valence-corrected chi connectivity index (χ1v) is 7.33. The van der Waals surface area contributed by atoms with Crippen molar-refractivity contribution in [3.63, 3.8) is 0 Å². The summed E-state index contributed by atoms with van der Waals surface area (Å²) >= 11 is 0. The molecular weight excluding hydrogens is 238 g/mol. The van der Waals surface area contributed by atoms with Crippen LogP contribution in [0.4, 0.5) is 0 Å². The van der Waals surface area contributed by atoms with Crippen molar-refractivity contribution in [1.82, 2.24) is 4.98 Å². The molecule has 1 aliphatic carbocycles. The molecule has 2 heterocycles. The van der Waals surface area contributed by atoms with Crippen LogP contribution < -0.4 is 0 Å². The number of hydrogen-bond donors (Lipinski definition) is 1. The minimum atomic E-state index is -0.703. The van der Waals surface area contributed by atoms with Crippen molar-refractivity contribution in [3.8, 4) is 0 Å². The molecule has 1 aliphatic rings. The highest BCUT2D eigenvalue weighted by Crippen LogP contribution is 2.46. The van der Waals surface area contributed by atoms with Gasteiger partial charge in [0.2, 0.25) is 0 Å². The Bertz CT molecular complexity index is 512. The highest BCUT2D eigenvalue weighted by molar-refractivity contribution is 5.77. The van der Waals surface area contributed by atoms with Crippen LogP contribution in [-0.2, 0) is 12.0 Å². The lowest BCUT2D eigenvalue weighted by atomic mass is 10.2. The summed E-state index contributed by atoms with van der Waals surface area (Å²) in [7, 11) is 0. The zero-order valence-electron chi connectivity index (χ0n) is 12.7. The van der Waals surface area contributed by atoms with Gasteiger partial charge in [0, 0.05) is 12.3 Å². The Balaban J connectivity index is 0.000000415. The first-order valence-electron chi connectivity index (χ1n) is 7.33. The molecule has 3 rings (SSSR count). The zero-order valence-corrected chi connectivity index (χ0v) is 12.7. The Labute approximate surface area is 115 Å². The topological polar surface area (TPSA) is 46.3 Å². The van der Waals surface area contributed by atoms with Crippen LogP contribution in [0.2, 0.25) is 0 Å². The summed E-state index contributed by atoms with van der Waals surface area (Å²) in [6, 6.07) is 3.83. The van der Waals surface area contributed by atoms with Gasteiger partial charge in [0.15, 0.2) is 5.58 Å². The van der Waals surface area contributed by atoms with Crippen molar-refractivity contribution in [1.29, 1.82) is 0 Å². The summed E-state index contributed by atoms with van der Waals surface area (Å²) in [4.78, 5) is 4.25. The lowest BCUT2D eigenvalue weighted by Crippen LogP contribution is -2.01. The normalized spacial score (nSPS) is 15.1. The number of nitrogens with zero attached hydrogens (tertiary/aromatic N) is 1. The van der Waals surface area contributed by atoms with Crippen LogP contribution >= 0.6 is 0 Å².